The predicted octanol–water partition coefficient (Wildman–Crippen LogP) is 29.6. The van der Waals surface area contributed by atoms with Gasteiger partial charge in [-0.15, -0.1) is 0 Å². The Hall–Kier alpha value is -9.21. The van der Waals surface area contributed by atoms with Crippen molar-refractivity contribution in [2.45, 2.75) is 316 Å². The van der Waals surface area contributed by atoms with Gasteiger partial charge < -0.3 is 39.2 Å². The summed E-state index contributed by atoms with van der Waals surface area (Å²) in [7, 11) is -3.24. The van der Waals surface area contributed by atoms with Crippen molar-refractivity contribution in [1.29, 1.82) is 0 Å². The van der Waals surface area contributed by atoms with Crippen LogP contribution in [0.1, 0.15) is 307 Å². The molecular weight excluding hydrogens is 1900 g/mol. The zero-order valence-electron chi connectivity index (χ0n) is 81.6. The number of hydrogen-bond acceptors (Lipinski definition) is 15. The molecule has 0 aromatic heterocycles. The lowest BCUT2D eigenvalue weighted by atomic mass is 9.58. The highest BCUT2D eigenvalue weighted by Gasteiger charge is 2.52. The van der Waals surface area contributed by atoms with Crippen LogP contribution in [0.4, 0.5) is 26.3 Å². The van der Waals surface area contributed by atoms with Crippen LogP contribution in [0.5, 0.6) is 28.7 Å². The molecule has 0 heterocycles. The van der Waals surface area contributed by atoms with Crippen LogP contribution in [0.25, 0.3) is 53.9 Å². The lowest BCUT2D eigenvalue weighted by Crippen LogP contribution is -2.58. The van der Waals surface area contributed by atoms with Crippen LogP contribution in [0.15, 0.2) is 164 Å². The van der Waals surface area contributed by atoms with E-state index in [0.29, 0.717) is 82.4 Å². The average molecular weight is 2040 g/mol. The number of aliphatic hydroxyl groups excluding tert-OH is 1. The number of aldehydes is 4. The van der Waals surface area contributed by atoms with E-state index in [1.54, 1.807) is 24.3 Å². The number of fused-ring (bicyclic) bond motifs is 5. The maximum Gasteiger partial charge on any atom is 0.420 e. The average Bonchev–Trinajstić information content (AvgIpc) is 0.767. The summed E-state index contributed by atoms with van der Waals surface area (Å²) in [6.07, 6.45) is 26.6. The highest BCUT2D eigenvalue weighted by molar-refractivity contribution is 14.1. The van der Waals surface area contributed by atoms with E-state index in [4.69, 9.17) is 33.0 Å². The van der Waals surface area contributed by atoms with Gasteiger partial charge in [0.15, 0.2) is 0 Å². The SMILES string of the molecule is CC1CCC(O)CC1.CC1CCC(OS(C)(=O)=O)CC1.CC1CCC(Oc2ccc3cc(C=O)ccc3c2)CC1.CC1CCC(Oc2ccc3cc(C=O)ccc3c2)CC1.CC1CCC(Oc2ccc3cc(C=O)ccc3c2C(F)(F)F)CC1.CC1CCC(Oc2ccc3cc(C=O)ccc3c2I)CC1.CC1CCC(Oc2ccc3cc(CNC4CC(C(=O)O)C4(C)C)ccc3c2C(F)(F)F)CC1. The Morgan fingerprint density at radius 2 is 0.674 bits per heavy atom. The summed E-state index contributed by atoms with van der Waals surface area (Å²) in [5.41, 5.74) is 1.53. The first-order valence-corrected chi connectivity index (χ1v) is 52.9. The molecule has 0 saturated heterocycles. The number of halogens is 7. The van der Waals surface area contributed by atoms with E-state index in [9.17, 15) is 63.8 Å². The lowest BCUT2D eigenvalue weighted by molar-refractivity contribution is -0.155. The summed E-state index contributed by atoms with van der Waals surface area (Å²) >= 11 is 2.35. The Balaban J connectivity index is 0.000000149. The fourth-order valence-electron chi connectivity index (χ4n) is 20.3. The van der Waals surface area contributed by atoms with E-state index in [2.05, 4.69) is 88.5 Å². The number of carbonyl (C=O) groups excluding carboxylic acids is 4. The summed E-state index contributed by atoms with van der Waals surface area (Å²) in [6.45, 7) is 20.0. The Labute approximate surface area is 824 Å². The van der Waals surface area contributed by atoms with Crippen molar-refractivity contribution in [2.75, 3.05) is 6.26 Å². The molecule has 2 unspecified atom stereocenters. The van der Waals surface area contributed by atoms with Gasteiger partial charge in [0.1, 0.15) is 65.0 Å². The Morgan fingerprint density at radius 1 is 0.384 bits per heavy atom. The van der Waals surface area contributed by atoms with Crippen molar-refractivity contribution in [2.24, 2.45) is 52.8 Å². The Bertz CT molecular complexity index is 5690. The third kappa shape index (κ3) is 31.4. The van der Waals surface area contributed by atoms with Gasteiger partial charge in [-0.05, 0) is 388 Å². The molecule has 0 amide bonds. The molecule has 0 bridgehead atoms. The predicted molar refractivity (Wildman–Crippen MR) is 545 cm³/mol. The minimum atomic E-state index is -4.52. The molecule has 746 valence electrons. The summed E-state index contributed by atoms with van der Waals surface area (Å²) in [5.74, 6) is 6.78. The lowest BCUT2D eigenvalue weighted by Gasteiger charge is -2.50. The van der Waals surface area contributed by atoms with Crippen LogP contribution in [0, 0.1) is 56.3 Å². The minimum Gasteiger partial charge on any atom is -0.490 e. The molecule has 2 atom stereocenters. The standard InChI is InChI=1S/C26H32F3NO3.C19H19F3O2.C18H19IO2.2C18H20O2.C8H16O3S.C7H14O/c1-15-4-8-18(9-5-15)33-21-11-7-17-12-16(6-10-19(17)23(21)26(27,28)29)14-30-22-13-20(24(31)32)25(22,2)3;1-12-2-6-15(7-3-12)24-17-9-5-14-10-13(11-23)4-8-16(14)18(17)19(20,21)22;1-12-2-6-15(7-3-12)21-17-9-5-14-10-13(11-20)4-8-16(14)18(17)19;2*1-13-2-7-17(8-3-13)20-18-9-6-15-10-14(12-19)4-5-16(15)11-18;1-7-3-5-8(6-4-7)11-12(2,9)10;1-6-2-4-7(8)5-3-6/h6-7,10-12,15,18,20,22,30H,4-5,8-9,13-14H2,1-3H3,(H,31,32);4-5,8-12,15H,2-3,6-7H2,1H3;4-5,8-12,15H,2-3,6-7H2,1H3;2*4-6,9-13,17H,2-3,7-8H2,1H3;7-8H,3-6H2,1-2H3;6-8H,2-5H2,1H3. The summed E-state index contributed by atoms with van der Waals surface area (Å²) in [6, 6.07) is 48.9. The Morgan fingerprint density at radius 3 is 1.02 bits per heavy atom. The minimum absolute atomic E-state index is 0.0196. The molecule has 8 aliphatic rings. The monoisotopic (exact) mass is 2040 g/mol. The maximum atomic E-state index is 14.0. The van der Waals surface area contributed by atoms with Crippen LogP contribution in [-0.4, -0.2) is 105 Å². The molecular formula is C114H140F6INO15S. The summed E-state index contributed by atoms with van der Waals surface area (Å²) in [5, 5.41) is 29.5. The molecule has 8 aliphatic carbocycles. The molecule has 18 rings (SSSR count). The number of carboxylic acids is 1. The molecule has 8 fully saturated rings. The molecule has 10 aromatic rings. The van der Waals surface area contributed by atoms with Crippen LogP contribution in [0.3, 0.4) is 0 Å². The number of aliphatic carboxylic acids is 1. The van der Waals surface area contributed by atoms with Gasteiger partial charge in [-0.1, -0.05) is 153 Å². The maximum absolute atomic E-state index is 14.0. The van der Waals surface area contributed by atoms with E-state index < -0.39 is 39.6 Å². The fraction of sp³-hybridized carbons (Fsp3) is 0.518. The first-order chi connectivity index (χ1) is 65.8. The smallest absolute Gasteiger partial charge is 0.420 e. The molecule has 10 aromatic carbocycles. The van der Waals surface area contributed by atoms with Gasteiger partial charge in [-0.2, -0.15) is 34.8 Å². The zero-order valence-corrected chi connectivity index (χ0v) is 84.6. The number of carbonyl (C=O) groups is 5. The quantitative estimate of drug-likeness (QED) is 0.0279. The summed E-state index contributed by atoms with van der Waals surface area (Å²) < 4.78 is 141. The van der Waals surface area contributed by atoms with Gasteiger partial charge in [0, 0.05) is 34.8 Å². The fourth-order valence-corrected chi connectivity index (χ4v) is 21.8. The van der Waals surface area contributed by atoms with Gasteiger partial charge in [0.05, 0.1) is 58.5 Å². The van der Waals surface area contributed by atoms with E-state index in [-0.39, 0.29) is 64.1 Å². The number of aliphatic hydroxyl groups is 1. The highest BCUT2D eigenvalue weighted by atomic mass is 127. The van der Waals surface area contributed by atoms with E-state index in [0.717, 1.165) is 242 Å². The van der Waals surface area contributed by atoms with E-state index in [1.807, 2.05) is 105 Å². The summed E-state index contributed by atoms with van der Waals surface area (Å²) in [4.78, 5) is 54.6. The molecule has 24 heteroatoms. The topological polar surface area (TPSA) is 227 Å². The van der Waals surface area contributed by atoms with E-state index >= 15 is 0 Å². The van der Waals surface area contributed by atoms with Gasteiger partial charge in [-0.3, -0.25) is 28.2 Å². The number of nitrogens with one attached hydrogen (secondary N) is 1. The molecule has 8 saturated carbocycles. The van der Waals surface area contributed by atoms with Crippen LogP contribution in [0.2, 0.25) is 0 Å². The second-order valence-corrected chi connectivity index (χ2v) is 43.9. The normalized spacial score (nSPS) is 25.3. The number of rotatable bonds is 20. The Kier molecular flexibility index (Phi) is 39.0. The van der Waals surface area contributed by atoms with Gasteiger partial charge >= 0.3 is 18.3 Å². The third-order valence-corrected chi connectivity index (χ3v) is 31.2. The van der Waals surface area contributed by atoms with Gasteiger partial charge in [0.2, 0.25) is 0 Å². The van der Waals surface area contributed by atoms with Crippen LogP contribution in [-0.2, 0) is 38.0 Å². The molecule has 0 radical (unpaired) electrons. The third-order valence-electron chi connectivity index (χ3n) is 29.5. The van der Waals surface area contributed by atoms with Crippen molar-refractivity contribution in [3.8, 4) is 28.7 Å². The molecule has 0 spiro atoms. The van der Waals surface area contributed by atoms with Crippen molar-refractivity contribution >= 4 is 118 Å². The number of ether oxygens (including phenoxy) is 5. The van der Waals surface area contributed by atoms with Crippen molar-refractivity contribution in [1.82, 2.24) is 5.32 Å². The highest BCUT2D eigenvalue weighted by Crippen LogP contribution is 2.49. The van der Waals surface area contributed by atoms with Crippen molar-refractivity contribution < 1.29 is 96.8 Å². The largest absolute Gasteiger partial charge is 0.490 e. The van der Waals surface area contributed by atoms with Crippen molar-refractivity contribution in [3.63, 3.8) is 0 Å². The first kappa shape index (κ1) is 108. The van der Waals surface area contributed by atoms with Crippen LogP contribution < -0.4 is 29.0 Å². The molecule has 3 N–H and O–H groups in total. The molecule has 138 heavy (non-hydrogen) atoms. The van der Waals surface area contributed by atoms with Gasteiger partial charge in [0.25, 0.3) is 10.1 Å². The molecule has 16 nitrogen and oxygen atoms in total. The number of alkyl halides is 6. The first-order valence-electron chi connectivity index (χ1n) is 50.0. The zero-order chi connectivity index (χ0) is 99.2. The molecule has 0 aliphatic heterocycles. The van der Waals surface area contributed by atoms with E-state index in [1.165, 1.54) is 87.8 Å². The van der Waals surface area contributed by atoms with Crippen LogP contribution >= 0.6 is 22.6 Å². The second-order valence-electron chi connectivity index (χ2n) is 41.3. The number of hydrogen-bond donors (Lipinski definition) is 3. The number of benzene rings is 10. The second kappa shape index (κ2) is 50.0. The number of carboxylic acid groups (broad SMARTS) is 1. The van der Waals surface area contributed by atoms with Gasteiger partial charge in [-0.25, -0.2) is 0 Å². The van der Waals surface area contributed by atoms with Crippen molar-refractivity contribution in [3.05, 3.63) is 206 Å².